The average molecular weight is 466 g/mol. The number of nitrogens with zero attached hydrogens (tertiary/aromatic N) is 3. The van der Waals surface area contributed by atoms with E-state index in [0.717, 1.165) is 30.0 Å². The fourth-order valence-electron chi connectivity index (χ4n) is 5.33. The fourth-order valence-corrected chi connectivity index (χ4v) is 5.33. The Balaban J connectivity index is 1.56. The molecule has 174 valence electrons. The minimum atomic E-state index is -3.10. The maximum atomic E-state index is 13.5. The third kappa shape index (κ3) is 3.18. The van der Waals surface area contributed by atoms with E-state index in [1.165, 1.54) is 18.2 Å². The van der Waals surface area contributed by atoms with Gasteiger partial charge >= 0.3 is 6.61 Å². The molecule has 3 aromatic rings. The Morgan fingerprint density at radius 3 is 2.97 bits per heavy atom. The first-order chi connectivity index (χ1) is 17.6. The number of ether oxygens (including phenoxy) is 1. The summed E-state index contributed by atoms with van der Waals surface area (Å²) in [5.41, 5.74) is 2.22. The first-order valence-corrected chi connectivity index (χ1v) is 11.2. The van der Waals surface area contributed by atoms with Crippen molar-refractivity contribution in [2.24, 2.45) is 5.41 Å². The Labute approximate surface area is 200 Å². The van der Waals surface area contributed by atoms with Crippen LogP contribution in [0.2, 0.25) is 0 Å². The lowest BCUT2D eigenvalue weighted by Crippen LogP contribution is -2.30. The van der Waals surface area contributed by atoms with Crippen molar-refractivity contribution in [1.82, 2.24) is 19.8 Å². The lowest BCUT2D eigenvalue weighted by molar-refractivity contribution is -0.0507. The first-order valence-electron chi connectivity index (χ1n) is 12.7. The van der Waals surface area contributed by atoms with Crippen molar-refractivity contribution in [3.8, 4) is 17.6 Å². The van der Waals surface area contributed by atoms with Crippen LogP contribution in [0.3, 0.4) is 0 Å². The second kappa shape index (κ2) is 7.54. The first kappa shape index (κ1) is 18.0. The van der Waals surface area contributed by atoms with Gasteiger partial charge in [0.1, 0.15) is 11.6 Å². The zero-order valence-electron chi connectivity index (χ0n) is 21.4. The quantitative estimate of drug-likeness (QED) is 0.579. The number of halogens is 2. The van der Waals surface area contributed by atoms with Gasteiger partial charge in [-0.2, -0.15) is 8.78 Å². The number of hydrogen-bond acceptors (Lipinski definition) is 4. The van der Waals surface area contributed by atoms with Crippen LogP contribution in [0.1, 0.15) is 63.3 Å². The van der Waals surface area contributed by atoms with Crippen LogP contribution >= 0.6 is 0 Å². The van der Waals surface area contributed by atoms with E-state index in [1.807, 2.05) is 22.8 Å². The highest BCUT2D eigenvalue weighted by Crippen LogP contribution is 2.49. The van der Waals surface area contributed by atoms with E-state index in [-0.39, 0.29) is 28.7 Å². The van der Waals surface area contributed by atoms with E-state index >= 15 is 0 Å². The van der Waals surface area contributed by atoms with Crippen LogP contribution in [0, 0.1) is 17.3 Å². The van der Waals surface area contributed by atoms with Gasteiger partial charge in [-0.05, 0) is 50.2 Å². The molecule has 1 N–H and O–H groups in total. The van der Waals surface area contributed by atoms with Crippen molar-refractivity contribution >= 4 is 16.9 Å². The summed E-state index contributed by atoms with van der Waals surface area (Å²) in [6.07, 6.45) is 1.13. The molecule has 4 heterocycles. The fraction of sp³-hybridized carbons (Fsp3) is 0.385. The molecule has 2 bridgehead atoms. The monoisotopic (exact) mass is 465 g/mol. The van der Waals surface area contributed by atoms with Gasteiger partial charge in [-0.15, -0.1) is 0 Å². The summed E-state index contributed by atoms with van der Waals surface area (Å²) >= 11 is 0. The molecule has 34 heavy (non-hydrogen) atoms. The largest absolute Gasteiger partial charge is 0.434 e. The Hall–Kier alpha value is -3.44. The summed E-state index contributed by atoms with van der Waals surface area (Å²) in [5.74, 6) is 6.12. The second-order valence-corrected chi connectivity index (χ2v) is 9.32. The number of imidazole rings is 1. The molecule has 1 fully saturated rings. The number of aromatic nitrogens is 2. The molecule has 0 radical (unpaired) electrons. The molecule has 1 amide bonds. The van der Waals surface area contributed by atoms with E-state index in [2.05, 4.69) is 24.1 Å². The van der Waals surface area contributed by atoms with Crippen LogP contribution in [-0.4, -0.2) is 47.0 Å². The number of benzene rings is 2. The molecule has 1 saturated heterocycles. The minimum absolute atomic E-state index is 0.0341. The number of carbonyl (C=O) groups is 1. The summed E-state index contributed by atoms with van der Waals surface area (Å²) in [7, 11) is 0. The van der Waals surface area contributed by atoms with Crippen LogP contribution in [0.15, 0.2) is 36.4 Å². The van der Waals surface area contributed by atoms with Gasteiger partial charge in [0.2, 0.25) is 0 Å². The van der Waals surface area contributed by atoms with Crippen LogP contribution in [0.5, 0.6) is 5.75 Å². The zero-order chi connectivity index (χ0) is 26.1. The van der Waals surface area contributed by atoms with Crippen LogP contribution in [0.25, 0.3) is 11.0 Å². The molecular formula is C26H24F2N4O2. The van der Waals surface area contributed by atoms with Crippen LogP contribution < -0.4 is 10.1 Å². The van der Waals surface area contributed by atoms with E-state index in [0.29, 0.717) is 16.9 Å². The Bertz CT molecular complexity index is 1480. The van der Waals surface area contributed by atoms with E-state index < -0.39 is 31.6 Å². The molecule has 6 nitrogen and oxygen atoms in total. The SMILES string of the molecule is [2H]C([2H])([2H])N1C(=O)c2cccc(OC(F)F)c2[C@H]2C[C@@H]1c1nc3ccc(C#CC4(C)CCNC4)cc3n12. The van der Waals surface area contributed by atoms with Gasteiger partial charge in [-0.3, -0.25) is 4.79 Å². The molecule has 0 spiro atoms. The normalized spacial score (nSPS) is 26.9. The smallest absolute Gasteiger partial charge is 0.387 e. The van der Waals surface area contributed by atoms with E-state index in [4.69, 9.17) is 13.8 Å². The standard InChI is InChI=1S/C26H24F2N4O2/c1-26(10-11-29-14-26)9-8-15-6-7-17-18(12-15)32-19-13-20(23(32)30-17)31(2)24(33)16-4-3-5-21(22(16)19)34-25(27)28/h3-7,12,19-20,25,29H,10-11,13-14H2,1-2H3/t19-,20-,26?/m1/s1/i2D3. The molecule has 8 heteroatoms. The van der Waals surface area contributed by atoms with Crippen LogP contribution in [-0.2, 0) is 0 Å². The Morgan fingerprint density at radius 2 is 2.21 bits per heavy atom. The van der Waals surface area contributed by atoms with Gasteiger partial charge in [0.25, 0.3) is 5.91 Å². The molecule has 6 rings (SSSR count). The summed E-state index contributed by atoms with van der Waals surface area (Å²) < 4.78 is 57.7. The predicted octanol–water partition coefficient (Wildman–Crippen LogP) is 4.11. The van der Waals surface area contributed by atoms with Gasteiger partial charge in [-0.1, -0.05) is 17.9 Å². The van der Waals surface area contributed by atoms with Crippen molar-refractivity contribution in [2.75, 3.05) is 20.1 Å². The van der Waals surface area contributed by atoms with Crippen molar-refractivity contribution in [3.63, 3.8) is 0 Å². The summed E-state index contributed by atoms with van der Waals surface area (Å²) in [5, 5.41) is 3.33. The number of carbonyl (C=O) groups excluding carboxylic acids is 1. The second-order valence-electron chi connectivity index (χ2n) is 9.32. The Kier molecular flexibility index (Phi) is 3.98. The average Bonchev–Trinajstić information content (AvgIpc) is 3.49. The molecule has 1 unspecified atom stereocenters. The number of rotatable bonds is 2. The molecule has 3 aliphatic rings. The summed E-state index contributed by atoms with van der Waals surface area (Å²) in [6, 6.07) is 8.34. The lowest BCUT2D eigenvalue weighted by atomic mass is 9.90. The van der Waals surface area contributed by atoms with Crippen molar-refractivity contribution in [2.45, 2.75) is 38.5 Å². The molecule has 3 atom stereocenters. The van der Waals surface area contributed by atoms with Gasteiger partial charge in [-0.25, -0.2) is 4.98 Å². The summed E-state index contributed by atoms with van der Waals surface area (Å²) in [6.45, 7) is -2.01. The highest BCUT2D eigenvalue weighted by molar-refractivity contribution is 5.97. The topological polar surface area (TPSA) is 59.4 Å². The molecule has 3 aliphatic heterocycles. The Morgan fingerprint density at radius 1 is 1.32 bits per heavy atom. The lowest BCUT2D eigenvalue weighted by Gasteiger charge is -2.24. The molecule has 0 aliphatic carbocycles. The minimum Gasteiger partial charge on any atom is -0.434 e. The number of amides is 1. The van der Waals surface area contributed by atoms with Crippen molar-refractivity contribution in [1.29, 1.82) is 0 Å². The maximum Gasteiger partial charge on any atom is 0.387 e. The van der Waals surface area contributed by atoms with Crippen molar-refractivity contribution in [3.05, 3.63) is 58.9 Å². The summed E-state index contributed by atoms with van der Waals surface area (Å²) in [4.78, 5) is 19.0. The van der Waals surface area contributed by atoms with Gasteiger partial charge in [0, 0.05) is 46.2 Å². The maximum absolute atomic E-state index is 13.5. The zero-order valence-corrected chi connectivity index (χ0v) is 18.4. The van der Waals surface area contributed by atoms with Gasteiger partial charge < -0.3 is 19.5 Å². The highest BCUT2D eigenvalue weighted by atomic mass is 19.3. The van der Waals surface area contributed by atoms with Crippen molar-refractivity contribution < 1.29 is 22.4 Å². The van der Waals surface area contributed by atoms with E-state index in [9.17, 15) is 13.6 Å². The molecule has 1 aromatic heterocycles. The van der Waals surface area contributed by atoms with Crippen LogP contribution in [0.4, 0.5) is 8.78 Å². The number of nitrogens with one attached hydrogen (secondary N) is 1. The molecular weight excluding hydrogens is 438 g/mol. The molecule has 2 aromatic carbocycles. The third-order valence-corrected chi connectivity index (χ3v) is 7.03. The highest BCUT2D eigenvalue weighted by Gasteiger charge is 2.45. The number of fused-ring (bicyclic) bond motifs is 9. The van der Waals surface area contributed by atoms with E-state index in [1.54, 1.807) is 0 Å². The number of alkyl halides is 2. The predicted molar refractivity (Wildman–Crippen MR) is 123 cm³/mol. The van der Waals surface area contributed by atoms with Gasteiger partial charge in [0.15, 0.2) is 0 Å². The third-order valence-electron chi connectivity index (χ3n) is 7.03. The molecule has 0 saturated carbocycles. The number of hydrogen-bond donors (Lipinski definition) is 1. The van der Waals surface area contributed by atoms with Gasteiger partial charge in [0.05, 0.1) is 23.1 Å².